The number of likely N-dealkylation sites (tertiary alicyclic amines) is 1. The maximum atomic E-state index is 12.6. The molecule has 0 bridgehead atoms. The Morgan fingerprint density at radius 1 is 1.13 bits per heavy atom. The van der Waals surface area contributed by atoms with Crippen molar-refractivity contribution < 1.29 is 4.79 Å². The predicted molar refractivity (Wildman–Crippen MR) is 90.2 cm³/mol. The summed E-state index contributed by atoms with van der Waals surface area (Å²) in [4.78, 5) is 22.5. The minimum absolute atomic E-state index is 0.00566. The molecule has 0 aliphatic carbocycles. The Morgan fingerprint density at radius 3 is 2.74 bits per heavy atom. The van der Waals surface area contributed by atoms with Crippen molar-refractivity contribution in [3.63, 3.8) is 0 Å². The van der Waals surface area contributed by atoms with Crippen LogP contribution in [0.1, 0.15) is 24.7 Å². The van der Waals surface area contributed by atoms with Gasteiger partial charge in [0.15, 0.2) is 0 Å². The van der Waals surface area contributed by atoms with Gasteiger partial charge in [0.1, 0.15) is 5.82 Å². The number of benzene rings is 2. The lowest BCUT2D eigenvalue weighted by Gasteiger charge is -2.23. The monoisotopic (exact) mass is 306 g/mol. The largest absolute Gasteiger partial charge is 0.340 e. The van der Waals surface area contributed by atoms with Gasteiger partial charge in [-0.25, -0.2) is 9.78 Å². The molecule has 4 rings (SSSR count). The van der Waals surface area contributed by atoms with Crippen LogP contribution < -0.4 is 5.32 Å². The van der Waals surface area contributed by atoms with Gasteiger partial charge in [-0.15, -0.1) is 0 Å². The number of H-pyrrole nitrogens is 1. The van der Waals surface area contributed by atoms with Crippen LogP contribution in [-0.4, -0.2) is 27.4 Å². The standard InChI is InChI=1S/C18H18N4O/c23-18(19-13-7-2-1-3-8-13)22-12-6-11-16(22)17-20-14-9-4-5-10-15(14)21-17/h1-5,7-10,16H,6,11-12H2,(H,19,23)(H,20,21)/t16-/m1/s1. The van der Waals surface area contributed by atoms with Gasteiger partial charge in [-0.3, -0.25) is 0 Å². The summed E-state index contributed by atoms with van der Waals surface area (Å²) in [5, 5.41) is 2.96. The van der Waals surface area contributed by atoms with Crippen LogP contribution in [0.3, 0.4) is 0 Å². The number of hydrogen-bond acceptors (Lipinski definition) is 2. The number of nitrogens with one attached hydrogen (secondary N) is 2. The molecule has 0 unspecified atom stereocenters. The first-order valence-electron chi connectivity index (χ1n) is 7.88. The summed E-state index contributed by atoms with van der Waals surface area (Å²) in [6, 6.07) is 17.4. The van der Waals surface area contributed by atoms with Gasteiger partial charge in [0.2, 0.25) is 0 Å². The Morgan fingerprint density at radius 2 is 1.91 bits per heavy atom. The summed E-state index contributed by atoms with van der Waals surface area (Å²) >= 11 is 0. The molecule has 1 aliphatic heterocycles. The summed E-state index contributed by atoms with van der Waals surface area (Å²) in [7, 11) is 0. The second-order valence-electron chi connectivity index (χ2n) is 5.79. The Hall–Kier alpha value is -2.82. The van der Waals surface area contributed by atoms with Crippen molar-refractivity contribution in [1.29, 1.82) is 0 Å². The summed E-state index contributed by atoms with van der Waals surface area (Å²) in [6.07, 6.45) is 1.92. The molecule has 1 fully saturated rings. The van der Waals surface area contributed by atoms with E-state index >= 15 is 0 Å². The summed E-state index contributed by atoms with van der Waals surface area (Å²) in [6.45, 7) is 0.750. The van der Waals surface area contributed by atoms with E-state index in [1.807, 2.05) is 59.5 Å². The van der Waals surface area contributed by atoms with E-state index in [4.69, 9.17) is 0 Å². The maximum Gasteiger partial charge on any atom is 0.322 e. The number of imidazole rings is 1. The number of urea groups is 1. The first-order chi connectivity index (χ1) is 11.3. The average Bonchev–Trinajstić information content (AvgIpc) is 3.22. The summed E-state index contributed by atoms with van der Waals surface area (Å²) < 4.78 is 0. The molecule has 2 aromatic carbocycles. The summed E-state index contributed by atoms with van der Waals surface area (Å²) in [5.41, 5.74) is 2.77. The van der Waals surface area contributed by atoms with Crippen molar-refractivity contribution in [3.8, 4) is 0 Å². The van der Waals surface area contributed by atoms with Crippen molar-refractivity contribution in [2.45, 2.75) is 18.9 Å². The fraction of sp³-hybridized carbons (Fsp3) is 0.222. The quantitative estimate of drug-likeness (QED) is 0.753. The van der Waals surface area contributed by atoms with E-state index in [1.165, 1.54) is 0 Å². The number of para-hydroxylation sites is 3. The molecule has 3 aromatic rings. The van der Waals surface area contributed by atoms with E-state index in [1.54, 1.807) is 0 Å². The molecule has 1 aliphatic rings. The zero-order chi connectivity index (χ0) is 15.6. The number of hydrogen-bond donors (Lipinski definition) is 2. The molecule has 23 heavy (non-hydrogen) atoms. The van der Waals surface area contributed by atoms with E-state index in [2.05, 4.69) is 15.3 Å². The minimum atomic E-state index is -0.0702. The third kappa shape index (κ3) is 2.65. The molecule has 5 heteroatoms. The van der Waals surface area contributed by atoms with E-state index in [0.717, 1.165) is 41.9 Å². The second-order valence-corrected chi connectivity index (χ2v) is 5.79. The van der Waals surface area contributed by atoms with Crippen molar-refractivity contribution in [3.05, 3.63) is 60.4 Å². The topological polar surface area (TPSA) is 61.0 Å². The van der Waals surface area contributed by atoms with Gasteiger partial charge in [-0.2, -0.15) is 0 Å². The van der Waals surface area contributed by atoms with Crippen molar-refractivity contribution >= 4 is 22.8 Å². The number of anilines is 1. The second kappa shape index (κ2) is 5.76. The number of aromatic nitrogens is 2. The third-order valence-corrected chi connectivity index (χ3v) is 4.26. The number of fused-ring (bicyclic) bond motifs is 1. The number of rotatable bonds is 2. The highest BCUT2D eigenvalue weighted by atomic mass is 16.2. The molecule has 2 heterocycles. The fourth-order valence-corrected chi connectivity index (χ4v) is 3.14. The number of carbonyl (C=O) groups is 1. The number of carbonyl (C=O) groups excluding carboxylic acids is 1. The van der Waals surface area contributed by atoms with Crippen LogP contribution in [0, 0.1) is 0 Å². The first kappa shape index (κ1) is 13.8. The highest BCUT2D eigenvalue weighted by Crippen LogP contribution is 2.31. The Labute approximate surface area is 134 Å². The fourth-order valence-electron chi connectivity index (χ4n) is 3.14. The van der Waals surface area contributed by atoms with Crippen LogP contribution in [0.5, 0.6) is 0 Å². The molecule has 116 valence electrons. The maximum absolute atomic E-state index is 12.6. The van der Waals surface area contributed by atoms with Gasteiger partial charge in [-0.05, 0) is 37.1 Å². The molecular formula is C18H18N4O. The van der Waals surface area contributed by atoms with E-state index in [0.29, 0.717) is 0 Å². The lowest BCUT2D eigenvalue weighted by Crippen LogP contribution is -2.34. The van der Waals surface area contributed by atoms with Crippen molar-refractivity contribution in [1.82, 2.24) is 14.9 Å². The number of aromatic amines is 1. The van der Waals surface area contributed by atoms with Crippen LogP contribution in [-0.2, 0) is 0 Å². The molecular weight excluding hydrogens is 288 g/mol. The van der Waals surface area contributed by atoms with Gasteiger partial charge < -0.3 is 15.2 Å². The SMILES string of the molecule is O=C(Nc1ccccc1)N1CCC[C@@H]1c1nc2ccccc2[nH]1. The lowest BCUT2D eigenvalue weighted by atomic mass is 10.2. The molecule has 1 saturated heterocycles. The van der Waals surface area contributed by atoms with Gasteiger partial charge in [0.25, 0.3) is 0 Å². The van der Waals surface area contributed by atoms with Crippen molar-refractivity contribution in [2.75, 3.05) is 11.9 Å². The Bertz CT molecular complexity index is 794. The van der Waals surface area contributed by atoms with Crippen LogP contribution >= 0.6 is 0 Å². The molecule has 0 saturated carbocycles. The molecule has 0 radical (unpaired) electrons. The lowest BCUT2D eigenvalue weighted by molar-refractivity contribution is 0.205. The van der Waals surface area contributed by atoms with Gasteiger partial charge in [-0.1, -0.05) is 30.3 Å². The van der Waals surface area contributed by atoms with E-state index in [-0.39, 0.29) is 12.1 Å². The zero-order valence-corrected chi connectivity index (χ0v) is 12.7. The highest BCUT2D eigenvalue weighted by Gasteiger charge is 2.32. The van der Waals surface area contributed by atoms with Crippen LogP contribution in [0.2, 0.25) is 0 Å². The van der Waals surface area contributed by atoms with Crippen LogP contribution in [0.25, 0.3) is 11.0 Å². The molecule has 1 atom stereocenters. The number of nitrogens with zero attached hydrogens (tertiary/aromatic N) is 2. The first-order valence-corrected chi connectivity index (χ1v) is 7.88. The van der Waals surface area contributed by atoms with Crippen LogP contribution in [0.15, 0.2) is 54.6 Å². The Kier molecular flexibility index (Phi) is 3.46. The molecule has 2 N–H and O–H groups in total. The van der Waals surface area contributed by atoms with E-state index < -0.39 is 0 Å². The Balaban J connectivity index is 1.57. The zero-order valence-electron chi connectivity index (χ0n) is 12.7. The highest BCUT2D eigenvalue weighted by molar-refractivity contribution is 5.89. The molecule has 5 nitrogen and oxygen atoms in total. The number of amides is 2. The van der Waals surface area contributed by atoms with E-state index in [9.17, 15) is 4.79 Å². The molecule has 1 aromatic heterocycles. The summed E-state index contributed by atoms with van der Waals surface area (Å²) in [5.74, 6) is 0.868. The van der Waals surface area contributed by atoms with Gasteiger partial charge in [0, 0.05) is 12.2 Å². The van der Waals surface area contributed by atoms with Crippen LogP contribution in [0.4, 0.5) is 10.5 Å². The van der Waals surface area contributed by atoms with Gasteiger partial charge in [0.05, 0.1) is 17.1 Å². The third-order valence-electron chi connectivity index (χ3n) is 4.26. The predicted octanol–water partition coefficient (Wildman–Crippen LogP) is 3.93. The normalized spacial score (nSPS) is 17.6. The van der Waals surface area contributed by atoms with Gasteiger partial charge >= 0.3 is 6.03 Å². The molecule has 2 amide bonds. The average molecular weight is 306 g/mol. The smallest absolute Gasteiger partial charge is 0.322 e. The van der Waals surface area contributed by atoms with Crippen molar-refractivity contribution in [2.24, 2.45) is 0 Å². The minimum Gasteiger partial charge on any atom is -0.340 e. The molecule has 0 spiro atoms.